The zero-order chi connectivity index (χ0) is 17.2. The highest BCUT2D eigenvalue weighted by Crippen LogP contribution is 2.35. The Kier molecular flexibility index (Phi) is 8.26. The summed E-state index contributed by atoms with van der Waals surface area (Å²) in [5.74, 6) is 1.29. The molecule has 0 aliphatic rings. The lowest BCUT2D eigenvalue weighted by Crippen LogP contribution is -2.28. The van der Waals surface area contributed by atoms with Crippen molar-refractivity contribution in [1.82, 2.24) is 5.32 Å². The molecule has 0 bridgehead atoms. The number of carbonyl (C=O) groups excluding carboxylic acids is 1. The summed E-state index contributed by atoms with van der Waals surface area (Å²) in [5, 5.41) is 6.92. The van der Waals surface area contributed by atoms with Gasteiger partial charge in [-0.2, -0.15) is 0 Å². The van der Waals surface area contributed by atoms with Crippen LogP contribution >= 0.6 is 11.6 Å². The van der Waals surface area contributed by atoms with E-state index in [1.54, 1.807) is 12.1 Å². The third-order valence-corrected chi connectivity index (χ3v) is 3.25. The highest BCUT2D eigenvalue weighted by molar-refractivity contribution is 6.32. The SMILES string of the molecule is COc1cc(/C=N\OCC(=O)NCCC(C)C)cc(Cl)c1OC. The number of hydrogen-bond donors (Lipinski definition) is 1. The standard InChI is InChI=1S/C16H23ClN2O4/c1-11(2)5-6-18-15(20)10-23-19-9-12-7-13(17)16(22-4)14(8-12)21-3/h7-9,11H,5-6,10H2,1-4H3,(H,18,20)/b19-9-. The lowest BCUT2D eigenvalue weighted by Gasteiger charge is -2.09. The Labute approximate surface area is 141 Å². The molecule has 128 valence electrons. The average molecular weight is 343 g/mol. The van der Waals surface area contributed by atoms with Gasteiger partial charge in [0, 0.05) is 12.1 Å². The number of nitrogens with zero attached hydrogens (tertiary/aromatic N) is 1. The molecule has 1 rings (SSSR count). The predicted molar refractivity (Wildman–Crippen MR) is 90.6 cm³/mol. The fourth-order valence-corrected chi connectivity index (χ4v) is 2.05. The highest BCUT2D eigenvalue weighted by Gasteiger charge is 2.10. The molecule has 0 atom stereocenters. The average Bonchev–Trinajstić information content (AvgIpc) is 2.50. The van der Waals surface area contributed by atoms with Crippen LogP contribution in [0.2, 0.25) is 5.02 Å². The highest BCUT2D eigenvalue weighted by atomic mass is 35.5. The monoisotopic (exact) mass is 342 g/mol. The van der Waals surface area contributed by atoms with E-state index in [2.05, 4.69) is 24.3 Å². The first kappa shape index (κ1) is 19.1. The quantitative estimate of drug-likeness (QED) is 0.553. The third kappa shape index (κ3) is 6.78. The Hall–Kier alpha value is -1.95. The van der Waals surface area contributed by atoms with Crippen LogP contribution < -0.4 is 14.8 Å². The molecule has 23 heavy (non-hydrogen) atoms. The zero-order valence-corrected chi connectivity index (χ0v) is 14.6. The number of amides is 1. The lowest BCUT2D eigenvalue weighted by molar-refractivity contribution is -0.125. The number of halogens is 1. The summed E-state index contributed by atoms with van der Waals surface area (Å²) in [6.07, 6.45) is 2.38. The normalized spacial score (nSPS) is 10.9. The van der Waals surface area contributed by atoms with Crippen LogP contribution in [0, 0.1) is 5.92 Å². The van der Waals surface area contributed by atoms with Crippen LogP contribution in [0.15, 0.2) is 17.3 Å². The van der Waals surface area contributed by atoms with Crippen molar-refractivity contribution in [3.8, 4) is 11.5 Å². The number of benzene rings is 1. The van der Waals surface area contributed by atoms with Gasteiger partial charge in [0.25, 0.3) is 5.91 Å². The van der Waals surface area contributed by atoms with Crippen molar-refractivity contribution >= 4 is 23.7 Å². The van der Waals surface area contributed by atoms with Crippen molar-refractivity contribution in [3.05, 3.63) is 22.7 Å². The van der Waals surface area contributed by atoms with Gasteiger partial charge in [0.1, 0.15) is 0 Å². The number of carbonyl (C=O) groups is 1. The maximum atomic E-state index is 11.5. The van der Waals surface area contributed by atoms with Gasteiger partial charge in [0.2, 0.25) is 0 Å². The van der Waals surface area contributed by atoms with E-state index in [1.165, 1.54) is 20.4 Å². The second-order valence-corrected chi connectivity index (χ2v) is 5.69. The Morgan fingerprint density at radius 1 is 1.35 bits per heavy atom. The van der Waals surface area contributed by atoms with E-state index in [0.29, 0.717) is 34.5 Å². The van der Waals surface area contributed by atoms with Crippen molar-refractivity contribution in [2.75, 3.05) is 27.4 Å². The smallest absolute Gasteiger partial charge is 0.260 e. The minimum atomic E-state index is -0.201. The van der Waals surface area contributed by atoms with Crippen molar-refractivity contribution in [3.63, 3.8) is 0 Å². The maximum absolute atomic E-state index is 11.5. The first-order chi connectivity index (χ1) is 11.0. The van der Waals surface area contributed by atoms with Gasteiger partial charge in [0.15, 0.2) is 18.1 Å². The van der Waals surface area contributed by atoms with Gasteiger partial charge in [0.05, 0.1) is 25.5 Å². The molecule has 0 spiro atoms. The number of nitrogens with one attached hydrogen (secondary N) is 1. The molecule has 0 aliphatic heterocycles. The van der Waals surface area contributed by atoms with Crippen LogP contribution in [0.5, 0.6) is 11.5 Å². The van der Waals surface area contributed by atoms with Crippen LogP contribution in [0.4, 0.5) is 0 Å². The Bertz CT molecular complexity index is 547. The van der Waals surface area contributed by atoms with Crippen molar-refractivity contribution in [2.45, 2.75) is 20.3 Å². The number of hydrogen-bond acceptors (Lipinski definition) is 5. The topological polar surface area (TPSA) is 69.2 Å². The lowest BCUT2D eigenvalue weighted by atomic mass is 10.1. The van der Waals surface area contributed by atoms with Gasteiger partial charge in [-0.05, 0) is 24.5 Å². The van der Waals surface area contributed by atoms with Gasteiger partial charge in [-0.3, -0.25) is 4.79 Å². The fourth-order valence-electron chi connectivity index (χ4n) is 1.76. The molecule has 1 N–H and O–H groups in total. The number of methoxy groups -OCH3 is 2. The van der Waals surface area contributed by atoms with Gasteiger partial charge < -0.3 is 19.6 Å². The largest absolute Gasteiger partial charge is 0.493 e. The fraction of sp³-hybridized carbons (Fsp3) is 0.500. The first-order valence-electron chi connectivity index (χ1n) is 7.31. The number of ether oxygens (including phenoxy) is 2. The molecular weight excluding hydrogens is 320 g/mol. The molecule has 0 heterocycles. The number of rotatable bonds is 9. The third-order valence-electron chi connectivity index (χ3n) is 2.97. The molecule has 0 unspecified atom stereocenters. The molecule has 0 saturated heterocycles. The molecule has 0 fully saturated rings. The second-order valence-electron chi connectivity index (χ2n) is 5.28. The van der Waals surface area contributed by atoms with Crippen molar-refractivity contribution in [1.29, 1.82) is 0 Å². The summed E-state index contributed by atoms with van der Waals surface area (Å²) in [6.45, 7) is 4.70. The van der Waals surface area contributed by atoms with E-state index >= 15 is 0 Å². The van der Waals surface area contributed by atoms with Crippen LogP contribution in [0.3, 0.4) is 0 Å². The zero-order valence-electron chi connectivity index (χ0n) is 13.9. The van der Waals surface area contributed by atoms with Crippen LogP contribution in [-0.2, 0) is 9.63 Å². The van der Waals surface area contributed by atoms with E-state index in [1.807, 2.05) is 0 Å². The van der Waals surface area contributed by atoms with Crippen molar-refractivity contribution < 1.29 is 19.1 Å². The van der Waals surface area contributed by atoms with Crippen LogP contribution in [0.25, 0.3) is 0 Å². The summed E-state index contributed by atoms with van der Waals surface area (Å²) in [5.41, 5.74) is 0.674. The molecule has 0 radical (unpaired) electrons. The number of oxime groups is 1. The second kappa shape index (κ2) is 9.94. The van der Waals surface area contributed by atoms with Gasteiger partial charge in [-0.15, -0.1) is 0 Å². The summed E-state index contributed by atoms with van der Waals surface area (Å²) in [4.78, 5) is 16.5. The van der Waals surface area contributed by atoms with E-state index in [9.17, 15) is 4.79 Å². The molecular formula is C16H23ClN2O4. The van der Waals surface area contributed by atoms with E-state index < -0.39 is 0 Å². The van der Waals surface area contributed by atoms with Gasteiger partial charge >= 0.3 is 0 Å². The minimum absolute atomic E-state index is 0.129. The Morgan fingerprint density at radius 3 is 2.70 bits per heavy atom. The summed E-state index contributed by atoms with van der Waals surface area (Å²) < 4.78 is 10.3. The molecule has 0 saturated carbocycles. The molecule has 6 nitrogen and oxygen atoms in total. The first-order valence-corrected chi connectivity index (χ1v) is 7.69. The Balaban J connectivity index is 2.49. The molecule has 1 amide bonds. The van der Waals surface area contributed by atoms with Crippen molar-refractivity contribution in [2.24, 2.45) is 11.1 Å². The van der Waals surface area contributed by atoms with E-state index in [4.69, 9.17) is 25.9 Å². The maximum Gasteiger partial charge on any atom is 0.260 e. The molecule has 0 aliphatic carbocycles. The van der Waals surface area contributed by atoms with E-state index in [0.717, 1.165) is 6.42 Å². The summed E-state index contributed by atoms with van der Waals surface area (Å²) in [6, 6.07) is 3.37. The van der Waals surface area contributed by atoms with Gasteiger partial charge in [-0.25, -0.2) is 0 Å². The van der Waals surface area contributed by atoms with Gasteiger partial charge in [-0.1, -0.05) is 30.6 Å². The molecule has 1 aromatic rings. The molecule has 1 aromatic carbocycles. The predicted octanol–water partition coefficient (Wildman–Crippen LogP) is 2.87. The minimum Gasteiger partial charge on any atom is -0.493 e. The molecule has 0 aromatic heterocycles. The van der Waals surface area contributed by atoms with Crippen LogP contribution in [0.1, 0.15) is 25.8 Å². The molecule has 7 heteroatoms. The Morgan fingerprint density at radius 2 is 2.09 bits per heavy atom. The summed E-state index contributed by atoms with van der Waals surface area (Å²) >= 11 is 6.09. The van der Waals surface area contributed by atoms with E-state index in [-0.39, 0.29) is 12.5 Å². The summed E-state index contributed by atoms with van der Waals surface area (Å²) in [7, 11) is 3.03. The van der Waals surface area contributed by atoms with Crippen LogP contribution in [-0.4, -0.2) is 39.5 Å².